The Hall–Kier alpha value is -3.11. The number of nitrogens with one attached hydrogen (secondary N) is 1. The summed E-state index contributed by atoms with van der Waals surface area (Å²) in [6.45, 7) is 2.55. The van der Waals surface area contributed by atoms with Gasteiger partial charge in [-0.25, -0.2) is 9.18 Å². The Kier molecular flexibility index (Phi) is 7.92. The van der Waals surface area contributed by atoms with Gasteiger partial charge in [0.15, 0.2) is 11.5 Å². The summed E-state index contributed by atoms with van der Waals surface area (Å²) in [6, 6.07) is 16.2. The summed E-state index contributed by atoms with van der Waals surface area (Å²) < 4.78 is 25.9. The molecule has 4 rings (SSSR count). The van der Waals surface area contributed by atoms with Crippen molar-refractivity contribution in [3.05, 3.63) is 97.5 Å². The van der Waals surface area contributed by atoms with Crippen LogP contribution >= 0.6 is 34.2 Å². The molecular weight excluding hydrogens is 586 g/mol. The number of hydrogen-bond donors (Lipinski definition) is 1. The Labute approximate surface area is 220 Å². The third-order valence-corrected chi connectivity index (χ3v) is 6.18. The van der Waals surface area contributed by atoms with Crippen molar-refractivity contribution in [2.24, 2.45) is 0 Å². The summed E-state index contributed by atoms with van der Waals surface area (Å²) in [6.07, 6.45) is 1.60. The van der Waals surface area contributed by atoms with Gasteiger partial charge in [-0.15, -0.1) is 0 Å². The number of halogens is 3. The average molecular weight is 607 g/mol. The lowest BCUT2D eigenvalue weighted by Gasteiger charge is -2.15. The zero-order chi connectivity index (χ0) is 24.9. The van der Waals surface area contributed by atoms with Gasteiger partial charge in [0.25, 0.3) is 5.91 Å². The molecule has 180 valence electrons. The first-order valence-corrected chi connectivity index (χ1v) is 12.2. The van der Waals surface area contributed by atoms with E-state index < -0.39 is 11.9 Å². The number of imide groups is 1. The summed E-state index contributed by atoms with van der Waals surface area (Å²) in [5, 5.41) is 3.21. The molecule has 0 bridgehead atoms. The summed E-state index contributed by atoms with van der Waals surface area (Å²) >= 11 is 8.03. The molecule has 3 amide bonds. The molecule has 3 aromatic carbocycles. The minimum atomic E-state index is -0.494. The normalized spacial score (nSPS) is 14.4. The van der Waals surface area contributed by atoms with Crippen LogP contribution in [0.1, 0.15) is 23.6 Å². The van der Waals surface area contributed by atoms with Gasteiger partial charge >= 0.3 is 6.03 Å². The first kappa shape index (κ1) is 25.0. The first-order chi connectivity index (χ1) is 16.8. The lowest BCUT2D eigenvalue weighted by atomic mass is 10.1. The maximum absolute atomic E-state index is 13.5. The Morgan fingerprint density at radius 2 is 1.83 bits per heavy atom. The van der Waals surface area contributed by atoms with Crippen molar-refractivity contribution >= 4 is 52.2 Å². The van der Waals surface area contributed by atoms with Crippen molar-refractivity contribution in [1.82, 2.24) is 10.2 Å². The van der Waals surface area contributed by atoms with E-state index >= 15 is 0 Å². The lowest BCUT2D eigenvalue weighted by Crippen LogP contribution is -2.30. The maximum Gasteiger partial charge on any atom is 0.329 e. The van der Waals surface area contributed by atoms with E-state index in [9.17, 15) is 14.0 Å². The van der Waals surface area contributed by atoms with Gasteiger partial charge in [-0.05, 0) is 88.7 Å². The van der Waals surface area contributed by atoms with E-state index in [4.69, 9.17) is 21.1 Å². The molecular formula is C26H21ClFIN2O4. The quantitative estimate of drug-likeness (QED) is 0.190. The molecule has 35 heavy (non-hydrogen) atoms. The topological polar surface area (TPSA) is 67.9 Å². The number of nitrogens with zero attached hydrogens (tertiary/aromatic N) is 1. The number of hydrogen-bond acceptors (Lipinski definition) is 4. The Balaban J connectivity index is 1.55. The summed E-state index contributed by atoms with van der Waals surface area (Å²) in [5.74, 6) is 0.244. The van der Waals surface area contributed by atoms with E-state index in [0.29, 0.717) is 34.3 Å². The highest BCUT2D eigenvalue weighted by atomic mass is 127. The van der Waals surface area contributed by atoms with Gasteiger partial charge in [0, 0.05) is 5.02 Å². The number of benzene rings is 3. The van der Waals surface area contributed by atoms with Crippen molar-refractivity contribution in [3.63, 3.8) is 0 Å². The van der Waals surface area contributed by atoms with Crippen LogP contribution in [0.2, 0.25) is 5.02 Å². The molecule has 3 aromatic rings. The zero-order valence-corrected chi connectivity index (χ0v) is 21.6. The fourth-order valence-electron chi connectivity index (χ4n) is 3.51. The Bertz CT molecular complexity index is 1300. The highest BCUT2D eigenvalue weighted by molar-refractivity contribution is 14.1. The molecule has 0 saturated carbocycles. The highest BCUT2D eigenvalue weighted by Gasteiger charge is 2.33. The van der Waals surface area contributed by atoms with Crippen LogP contribution in [0.4, 0.5) is 9.18 Å². The molecule has 1 aliphatic rings. The second-order valence-corrected chi connectivity index (χ2v) is 9.29. The van der Waals surface area contributed by atoms with Gasteiger partial charge in [0.1, 0.15) is 18.1 Å². The van der Waals surface area contributed by atoms with Gasteiger partial charge in [-0.3, -0.25) is 9.69 Å². The minimum Gasteiger partial charge on any atom is -0.490 e. The minimum absolute atomic E-state index is 0.133. The van der Waals surface area contributed by atoms with E-state index in [-0.39, 0.29) is 24.7 Å². The van der Waals surface area contributed by atoms with Crippen LogP contribution in [0.25, 0.3) is 6.08 Å². The third kappa shape index (κ3) is 6.12. The largest absolute Gasteiger partial charge is 0.490 e. The number of urea groups is 1. The predicted molar refractivity (Wildman–Crippen MR) is 140 cm³/mol. The molecule has 1 N–H and O–H groups in total. The summed E-state index contributed by atoms with van der Waals surface area (Å²) in [5.41, 5.74) is 2.30. The molecule has 0 unspecified atom stereocenters. The Morgan fingerprint density at radius 1 is 1.06 bits per heavy atom. The van der Waals surface area contributed by atoms with Crippen LogP contribution in [-0.4, -0.2) is 23.4 Å². The molecule has 0 spiro atoms. The van der Waals surface area contributed by atoms with Gasteiger partial charge in [0.2, 0.25) is 0 Å². The molecule has 1 aliphatic heterocycles. The van der Waals surface area contributed by atoms with Gasteiger partial charge in [-0.2, -0.15) is 0 Å². The number of carbonyl (C=O) groups excluding carboxylic acids is 2. The fraction of sp³-hybridized carbons (Fsp3) is 0.154. The number of carbonyl (C=O) groups is 2. The van der Waals surface area contributed by atoms with E-state index in [1.807, 2.05) is 13.0 Å². The monoisotopic (exact) mass is 606 g/mol. The van der Waals surface area contributed by atoms with Crippen molar-refractivity contribution in [1.29, 1.82) is 0 Å². The number of amides is 3. The fourth-order valence-corrected chi connectivity index (χ4v) is 4.42. The second-order valence-electron chi connectivity index (χ2n) is 7.69. The van der Waals surface area contributed by atoms with E-state index in [1.54, 1.807) is 48.5 Å². The highest BCUT2D eigenvalue weighted by Crippen LogP contribution is 2.36. The van der Waals surface area contributed by atoms with Crippen LogP contribution in [0.5, 0.6) is 11.5 Å². The van der Waals surface area contributed by atoms with E-state index in [2.05, 4.69) is 27.9 Å². The lowest BCUT2D eigenvalue weighted by molar-refractivity contribution is -0.123. The zero-order valence-electron chi connectivity index (χ0n) is 18.7. The molecule has 9 heteroatoms. The Morgan fingerprint density at radius 3 is 2.54 bits per heavy atom. The van der Waals surface area contributed by atoms with Crippen LogP contribution in [0.15, 0.2) is 66.4 Å². The van der Waals surface area contributed by atoms with Crippen molar-refractivity contribution in [3.8, 4) is 11.5 Å². The molecule has 0 atom stereocenters. The second kappa shape index (κ2) is 11.1. The number of ether oxygens (including phenoxy) is 2. The maximum atomic E-state index is 13.5. The molecule has 1 saturated heterocycles. The predicted octanol–water partition coefficient (Wildman–Crippen LogP) is 6.15. The van der Waals surface area contributed by atoms with E-state index in [1.165, 1.54) is 12.1 Å². The summed E-state index contributed by atoms with van der Waals surface area (Å²) in [4.78, 5) is 26.5. The smallest absolute Gasteiger partial charge is 0.329 e. The molecule has 1 heterocycles. The summed E-state index contributed by atoms with van der Waals surface area (Å²) in [7, 11) is 0. The van der Waals surface area contributed by atoms with Gasteiger partial charge in [0.05, 0.1) is 16.7 Å². The van der Waals surface area contributed by atoms with Crippen LogP contribution in [0.3, 0.4) is 0 Å². The standard InChI is InChI=1S/C26H21ClFIN2O4/c1-2-34-23-13-18(11-21(29)24(23)35-15-17-4-3-5-20(28)10-17)12-22-25(32)31(26(33)30-22)14-16-6-8-19(27)9-7-16/h3-13H,2,14-15H2,1H3,(H,30,33)/b22-12-. The van der Waals surface area contributed by atoms with Gasteiger partial charge in [-0.1, -0.05) is 35.9 Å². The van der Waals surface area contributed by atoms with Crippen molar-refractivity contribution in [2.45, 2.75) is 20.1 Å². The first-order valence-electron chi connectivity index (χ1n) is 10.8. The molecule has 0 aromatic heterocycles. The van der Waals surface area contributed by atoms with Crippen LogP contribution < -0.4 is 14.8 Å². The SMILES string of the molecule is CCOc1cc(/C=C2\NC(=O)N(Cc3ccc(Cl)cc3)C2=O)cc(I)c1OCc1cccc(F)c1. The average Bonchev–Trinajstić information content (AvgIpc) is 3.07. The van der Waals surface area contributed by atoms with E-state index in [0.717, 1.165) is 14.0 Å². The third-order valence-electron chi connectivity index (χ3n) is 5.13. The van der Waals surface area contributed by atoms with Gasteiger partial charge < -0.3 is 14.8 Å². The molecule has 1 fully saturated rings. The van der Waals surface area contributed by atoms with Crippen molar-refractivity contribution in [2.75, 3.05) is 6.61 Å². The van der Waals surface area contributed by atoms with Crippen LogP contribution in [-0.2, 0) is 17.9 Å². The van der Waals surface area contributed by atoms with Crippen molar-refractivity contribution < 1.29 is 23.5 Å². The number of rotatable bonds is 8. The van der Waals surface area contributed by atoms with Crippen LogP contribution in [0, 0.1) is 9.39 Å². The molecule has 0 radical (unpaired) electrons. The molecule has 6 nitrogen and oxygen atoms in total. The molecule has 0 aliphatic carbocycles.